The van der Waals surface area contributed by atoms with E-state index in [0.717, 1.165) is 43.9 Å². The van der Waals surface area contributed by atoms with Crippen LogP contribution in [0.1, 0.15) is 27.3 Å². The van der Waals surface area contributed by atoms with Crippen LogP contribution in [0.15, 0.2) is 48.7 Å². The van der Waals surface area contributed by atoms with E-state index < -0.39 is 0 Å². The molecule has 4 heterocycles. The molecule has 3 aromatic rings. The van der Waals surface area contributed by atoms with Gasteiger partial charge in [0.25, 0.3) is 5.91 Å². The number of carbonyl (C=O) groups excluding carboxylic acids is 1. The number of rotatable bonds is 2. The molecule has 1 amide bonds. The molecular weight excluding hydrogens is 324 g/mol. The third kappa shape index (κ3) is 2.42. The van der Waals surface area contributed by atoms with Gasteiger partial charge in [0, 0.05) is 38.4 Å². The highest BCUT2D eigenvalue weighted by molar-refractivity contribution is 5.95. The summed E-state index contributed by atoms with van der Waals surface area (Å²) in [5.74, 6) is 0.0925. The van der Waals surface area contributed by atoms with Gasteiger partial charge in [-0.05, 0) is 36.6 Å². The second-order valence-electron chi connectivity index (χ2n) is 7.33. The number of hydrogen-bond donors (Lipinski definition) is 0. The Balaban J connectivity index is 1.30. The van der Waals surface area contributed by atoms with Gasteiger partial charge in [0.2, 0.25) is 0 Å². The van der Waals surface area contributed by atoms with Gasteiger partial charge >= 0.3 is 0 Å². The fraction of sp³-hybridized carbons (Fsp3) is 0.333. The van der Waals surface area contributed by atoms with Crippen molar-refractivity contribution in [1.29, 1.82) is 0 Å². The van der Waals surface area contributed by atoms with Gasteiger partial charge < -0.3 is 4.90 Å². The number of aryl methyl sites for hydroxylation is 1. The van der Waals surface area contributed by atoms with E-state index in [1.54, 1.807) is 0 Å². The molecule has 1 saturated heterocycles. The van der Waals surface area contributed by atoms with Gasteiger partial charge in [-0.3, -0.25) is 14.1 Å². The van der Waals surface area contributed by atoms with Gasteiger partial charge in [-0.1, -0.05) is 30.3 Å². The first-order valence-corrected chi connectivity index (χ1v) is 9.24. The minimum atomic E-state index is 0.0925. The summed E-state index contributed by atoms with van der Waals surface area (Å²) < 4.78 is 1.90. The molecule has 5 heteroatoms. The summed E-state index contributed by atoms with van der Waals surface area (Å²) in [6.45, 7) is 5.61. The number of fused-ring (bicyclic) bond motifs is 2. The van der Waals surface area contributed by atoms with E-state index >= 15 is 0 Å². The minimum absolute atomic E-state index is 0.0925. The van der Waals surface area contributed by atoms with Gasteiger partial charge in [-0.15, -0.1) is 0 Å². The number of pyridine rings is 1. The Kier molecular flexibility index (Phi) is 3.57. The molecule has 0 atom stereocenters. The first kappa shape index (κ1) is 15.6. The van der Waals surface area contributed by atoms with E-state index in [1.807, 2.05) is 40.6 Å². The Morgan fingerprint density at radius 2 is 1.85 bits per heavy atom. The van der Waals surface area contributed by atoms with Crippen molar-refractivity contribution in [3.63, 3.8) is 0 Å². The number of benzene rings is 1. The van der Waals surface area contributed by atoms with Crippen molar-refractivity contribution in [2.24, 2.45) is 0 Å². The van der Waals surface area contributed by atoms with Crippen molar-refractivity contribution in [3.8, 4) is 0 Å². The van der Waals surface area contributed by atoms with Gasteiger partial charge in [0.1, 0.15) is 11.3 Å². The summed E-state index contributed by atoms with van der Waals surface area (Å²) in [4.78, 5) is 22.0. The standard InChI is InChI=1S/C21H22N4O/c1-15-20(25-10-5-4-8-19(25)22-15)21(26)24-13-18(14-24)23-11-9-16-6-2-3-7-17(16)12-23/h2-8,10,18H,9,11-14H2,1H3. The highest BCUT2D eigenvalue weighted by Crippen LogP contribution is 2.26. The van der Waals surface area contributed by atoms with Gasteiger partial charge in [-0.2, -0.15) is 0 Å². The molecule has 0 aliphatic carbocycles. The molecule has 26 heavy (non-hydrogen) atoms. The smallest absolute Gasteiger partial charge is 0.272 e. The maximum atomic E-state index is 13.0. The quantitative estimate of drug-likeness (QED) is 0.716. The second kappa shape index (κ2) is 5.95. The third-order valence-electron chi connectivity index (χ3n) is 5.73. The van der Waals surface area contributed by atoms with E-state index in [9.17, 15) is 4.79 Å². The lowest BCUT2D eigenvalue weighted by Gasteiger charge is -2.46. The number of nitrogens with zero attached hydrogens (tertiary/aromatic N) is 4. The fourth-order valence-corrected chi connectivity index (χ4v) is 4.20. The first-order valence-electron chi connectivity index (χ1n) is 9.24. The number of likely N-dealkylation sites (tertiary alicyclic amines) is 1. The van der Waals surface area contributed by atoms with Crippen LogP contribution in [-0.2, 0) is 13.0 Å². The van der Waals surface area contributed by atoms with Crippen LogP contribution in [-0.4, -0.2) is 50.8 Å². The number of amides is 1. The van der Waals surface area contributed by atoms with Crippen LogP contribution in [0, 0.1) is 6.92 Å². The molecule has 0 spiro atoms. The maximum absolute atomic E-state index is 13.0. The van der Waals surface area contributed by atoms with Gasteiger partial charge in [0.15, 0.2) is 0 Å². The zero-order valence-electron chi connectivity index (χ0n) is 14.9. The molecule has 2 aromatic heterocycles. The normalized spacial score (nSPS) is 18.0. The van der Waals surface area contributed by atoms with Crippen molar-refractivity contribution >= 4 is 11.6 Å². The average Bonchev–Trinajstić information content (AvgIpc) is 2.96. The van der Waals surface area contributed by atoms with E-state index in [4.69, 9.17) is 0 Å². The van der Waals surface area contributed by atoms with Crippen molar-refractivity contribution < 1.29 is 4.79 Å². The number of imidazole rings is 1. The predicted molar refractivity (Wildman–Crippen MR) is 100 cm³/mol. The zero-order chi connectivity index (χ0) is 17.7. The van der Waals surface area contributed by atoms with E-state index in [-0.39, 0.29) is 5.91 Å². The van der Waals surface area contributed by atoms with Crippen molar-refractivity contribution in [3.05, 3.63) is 71.2 Å². The first-order chi connectivity index (χ1) is 12.7. The van der Waals surface area contributed by atoms with Crippen LogP contribution in [0.25, 0.3) is 5.65 Å². The minimum Gasteiger partial charge on any atom is -0.334 e. The summed E-state index contributed by atoms with van der Waals surface area (Å²) in [5.41, 5.74) is 5.23. The molecular formula is C21H22N4O. The predicted octanol–water partition coefficient (Wildman–Crippen LogP) is 2.53. The maximum Gasteiger partial charge on any atom is 0.272 e. The molecule has 0 bridgehead atoms. The summed E-state index contributed by atoms with van der Waals surface area (Å²) in [5, 5.41) is 0. The highest BCUT2D eigenvalue weighted by Gasteiger charge is 2.37. The number of carbonyl (C=O) groups is 1. The van der Waals surface area contributed by atoms with E-state index in [2.05, 4.69) is 34.1 Å². The van der Waals surface area contributed by atoms with Crippen molar-refractivity contribution in [2.75, 3.05) is 19.6 Å². The monoisotopic (exact) mass is 346 g/mol. The largest absolute Gasteiger partial charge is 0.334 e. The van der Waals surface area contributed by atoms with E-state index in [1.165, 1.54) is 11.1 Å². The average molecular weight is 346 g/mol. The highest BCUT2D eigenvalue weighted by atomic mass is 16.2. The Morgan fingerprint density at radius 3 is 2.69 bits per heavy atom. The molecule has 2 aliphatic heterocycles. The van der Waals surface area contributed by atoms with Gasteiger partial charge in [0.05, 0.1) is 5.69 Å². The molecule has 1 aromatic carbocycles. The van der Waals surface area contributed by atoms with E-state index in [0.29, 0.717) is 11.7 Å². The fourth-order valence-electron chi connectivity index (χ4n) is 4.20. The summed E-state index contributed by atoms with van der Waals surface area (Å²) in [6.07, 6.45) is 3.02. The molecule has 0 unspecified atom stereocenters. The molecule has 0 N–H and O–H groups in total. The zero-order valence-corrected chi connectivity index (χ0v) is 14.9. The lowest BCUT2D eigenvalue weighted by atomic mass is 9.96. The molecule has 1 fully saturated rings. The Labute approximate surface area is 152 Å². The lowest BCUT2D eigenvalue weighted by molar-refractivity contribution is 0.0212. The van der Waals surface area contributed by atoms with Crippen LogP contribution in [0.5, 0.6) is 0 Å². The second-order valence-corrected chi connectivity index (χ2v) is 7.33. The summed E-state index contributed by atoms with van der Waals surface area (Å²) in [7, 11) is 0. The third-order valence-corrected chi connectivity index (χ3v) is 5.73. The number of aromatic nitrogens is 2. The van der Waals surface area contributed by atoms with Crippen LogP contribution in [0.3, 0.4) is 0 Å². The Bertz CT molecular complexity index is 987. The van der Waals surface area contributed by atoms with Crippen LogP contribution in [0.2, 0.25) is 0 Å². The molecule has 0 saturated carbocycles. The van der Waals surface area contributed by atoms with Gasteiger partial charge in [-0.25, -0.2) is 4.98 Å². The SMILES string of the molecule is Cc1nc2ccccn2c1C(=O)N1CC(N2CCc3ccccc3C2)C1. The van der Waals surface area contributed by atoms with Crippen LogP contribution < -0.4 is 0 Å². The van der Waals surface area contributed by atoms with Crippen LogP contribution >= 0.6 is 0 Å². The Hall–Kier alpha value is -2.66. The Morgan fingerprint density at radius 1 is 1.08 bits per heavy atom. The molecule has 132 valence electrons. The molecule has 5 nitrogen and oxygen atoms in total. The lowest BCUT2D eigenvalue weighted by Crippen LogP contribution is -2.61. The molecule has 5 rings (SSSR count). The topological polar surface area (TPSA) is 40.9 Å². The van der Waals surface area contributed by atoms with Crippen LogP contribution in [0.4, 0.5) is 0 Å². The summed E-state index contributed by atoms with van der Waals surface area (Å²) >= 11 is 0. The van der Waals surface area contributed by atoms with Crippen molar-refractivity contribution in [1.82, 2.24) is 19.2 Å². The number of hydrogen-bond acceptors (Lipinski definition) is 3. The molecule has 0 radical (unpaired) electrons. The summed E-state index contributed by atoms with van der Waals surface area (Å²) in [6, 6.07) is 15.0. The van der Waals surface area contributed by atoms with Crippen molar-refractivity contribution in [2.45, 2.75) is 25.9 Å². The molecule has 2 aliphatic rings.